The second-order valence-electron chi connectivity index (χ2n) is 6.46. The Morgan fingerprint density at radius 2 is 2.00 bits per heavy atom. The molecule has 0 unspecified atom stereocenters. The van der Waals surface area contributed by atoms with Crippen LogP contribution in [0.4, 0.5) is 0 Å². The Labute approximate surface area is 156 Å². The van der Waals surface area contributed by atoms with E-state index in [1.165, 1.54) is 0 Å². The van der Waals surface area contributed by atoms with Crippen LogP contribution in [0.3, 0.4) is 0 Å². The van der Waals surface area contributed by atoms with Gasteiger partial charge in [0.1, 0.15) is 17.1 Å². The summed E-state index contributed by atoms with van der Waals surface area (Å²) in [5.41, 5.74) is 2.21. The number of rotatable bonds is 5. The molecule has 0 aliphatic heterocycles. The number of carbonyl (C=O) groups excluding carboxylic acids is 1. The molecule has 0 spiro atoms. The molecule has 27 heavy (non-hydrogen) atoms. The van der Waals surface area contributed by atoms with Gasteiger partial charge in [0.15, 0.2) is 0 Å². The van der Waals surface area contributed by atoms with Crippen LogP contribution in [0.15, 0.2) is 45.6 Å². The highest BCUT2D eigenvalue weighted by molar-refractivity contribution is 5.89. The van der Waals surface area contributed by atoms with Crippen LogP contribution in [0.25, 0.3) is 11.0 Å². The van der Waals surface area contributed by atoms with E-state index in [0.29, 0.717) is 28.8 Å². The molecule has 0 aliphatic rings. The SMILES string of the molecule is COc1cccc(CNC(=O)Cc2c(C)c3c(O)cc(C)cc3oc2=O)c1. The molecule has 0 saturated carbocycles. The summed E-state index contributed by atoms with van der Waals surface area (Å²) in [4.78, 5) is 24.7. The third-order valence-corrected chi connectivity index (χ3v) is 4.46. The first kappa shape index (κ1) is 18.5. The van der Waals surface area contributed by atoms with Crippen LogP contribution in [-0.2, 0) is 17.8 Å². The number of aryl methyl sites for hydroxylation is 2. The molecule has 0 fully saturated rings. The van der Waals surface area contributed by atoms with E-state index in [4.69, 9.17) is 9.15 Å². The van der Waals surface area contributed by atoms with Crippen molar-refractivity contribution in [2.45, 2.75) is 26.8 Å². The van der Waals surface area contributed by atoms with Gasteiger partial charge in [-0.2, -0.15) is 0 Å². The van der Waals surface area contributed by atoms with E-state index < -0.39 is 5.63 Å². The average molecular weight is 367 g/mol. The Balaban J connectivity index is 1.81. The van der Waals surface area contributed by atoms with Gasteiger partial charge in [0.2, 0.25) is 5.91 Å². The monoisotopic (exact) mass is 367 g/mol. The highest BCUT2D eigenvalue weighted by atomic mass is 16.5. The largest absolute Gasteiger partial charge is 0.507 e. The van der Waals surface area contributed by atoms with Crippen molar-refractivity contribution in [3.63, 3.8) is 0 Å². The second kappa shape index (κ2) is 7.53. The van der Waals surface area contributed by atoms with Crippen LogP contribution >= 0.6 is 0 Å². The molecule has 1 amide bonds. The van der Waals surface area contributed by atoms with Crippen molar-refractivity contribution >= 4 is 16.9 Å². The highest BCUT2D eigenvalue weighted by Crippen LogP contribution is 2.29. The number of carbonyl (C=O) groups is 1. The molecule has 3 aromatic rings. The third-order valence-electron chi connectivity index (χ3n) is 4.46. The summed E-state index contributed by atoms with van der Waals surface area (Å²) in [6.07, 6.45) is -0.124. The van der Waals surface area contributed by atoms with E-state index in [2.05, 4.69) is 5.32 Å². The van der Waals surface area contributed by atoms with Crippen LogP contribution in [0.2, 0.25) is 0 Å². The smallest absolute Gasteiger partial charge is 0.340 e. The molecule has 0 bridgehead atoms. The lowest BCUT2D eigenvalue weighted by Crippen LogP contribution is -2.27. The fraction of sp³-hybridized carbons (Fsp3) is 0.238. The Bertz CT molecular complexity index is 1070. The number of methoxy groups -OCH3 is 1. The molecule has 0 aliphatic carbocycles. The van der Waals surface area contributed by atoms with E-state index in [0.717, 1.165) is 11.1 Å². The minimum Gasteiger partial charge on any atom is -0.507 e. The number of hydrogen-bond acceptors (Lipinski definition) is 5. The van der Waals surface area contributed by atoms with E-state index >= 15 is 0 Å². The summed E-state index contributed by atoms with van der Waals surface area (Å²) in [7, 11) is 1.58. The van der Waals surface area contributed by atoms with Gasteiger partial charge in [-0.3, -0.25) is 4.79 Å². The number of aromatic hydroxyl groups is 1. The highest BCUT2D eigenvalue weighted by Gasteiger charge is 2.17. The van der Waals surface area contributed by atoms with Gasteiger partial charge in [0, 0.05) is 6.54 Å². The molecule has 2 N–H and O–H groups in total. The van der Waals surface area contributed by atoms with Crippen LogP contribution in [0, 0.1) is 13.8 Å². The second-order valence-corrected chi connectivity index (χ2v) is 6.46. The van der Waals surface area contributed by atoms with Crippen molar-refractivity contribution in [1.29, 1.82) is 0 Å². The number of amides is 1. The molecule has 0 radical (unpaired) electrons. The fourth-order valence-corrected chi connectivity index (χ4v) is 3.07. The van der Waals surface area contributed by atoms with Crippen molar-refractivity contribution in [1.82, 2.24) is 5.32 Å². The van der Waals surface area contributed by atoms with Gasteiger partial charge in [0.05, 0.1) is 24.5 Å². The Hall–Kier alpha value is -3.28. The molecular weight excluding hydrogens is 346 g/mol. The molecule has 0 saturated heterocycles. The molecule has 1 heterocycles. The number of nitrogens with one attached hydrogen (secondary N) is 1. The van der Waals surface area contributed by atoms with Gasteiger partial charge in [0.25, 0.3) is 0 Å². The number of hydrogen-bond donors (Lipinski definition) is 2. The van der Waals surface area contributed by atoms with Crippen molar-refractivity contribution in [2.24, 2.45) is 0 Å². The summed E-state index contributed by atoms with van der Waals surface area (Å²) >= 11 is 0. The summed E-state index contributed by atoms with van der Waals surface area (Å²) in [6.45, 7) is 3.83. The van der Waals surface area contributed by atoms with Crippen LogP contribution in [0.5, 0.6) is 11.5 Å². The zero-order valence-electron chi connectivity index (χ0n) is 15.5. The topological polar surface area (TPSA) is 88.8 Å². The fourth-order valence-electron chi connectivity index (χ4n) is 3.07. The zero-order chi connectivity index (χ0) is 19.6. The normalized spacial score (nSPS) is 10.8. The Morgan fingerprint density at radius 1 is 1.22 bits per heavy atom. The van der Waals surface area contributed by atoms with Gasteiger partial charge < -0.3 is 19.6 Å². The molecule has 6 nitrogen and oxygen atoms in total. The Morgan fingerprint density at radius 3 is 2.74 bits per heavy atom. The predicted molar refractivity (Wildman–Crippen MR) is 102 cm³/mol. The molecule has 2 aromatic carbocycles. The maximum absolute atomic E-state index is 12.3. The summed E-state index contributed by atoms with van der Waals surface area (Å²) in [5, 5.41) is 13.5. The van der Waals surface area contributed by atoms with Gasteiger partial charge in [-0.25, -0.2) is 4.79 Å². The van der Waals surface area contributed by atoms with E-state index in [1.54, 1.807) is 33.1 Å². The van der Waals surface area contributed by atoms with E-state index in [9.17, 15) is 14.7 Å². The first-order valence-electron chi connectivity index (χ1n) is 8.54. The molecule has 1 aromatic heterocycles. The van der Waals surface area contributed by atoms with Crippen molar-refractivity contribution in [3.05, 3.63) is 69.1 Å². The van der Waals surface area contributed by atoms with Crippen molar-refractivity contribution < 1.29 is 19.1 Å². The number of phenolic OH excluding ortho intramolecular Hbond substituents is 1. The first-order valence-corrected chi connectivity index (χ1v) is 8.54. The summed E-state index contributed by atoms with van der Waals surface area (Å²) in [6, 6.07) is 10.7. The van der Waals surface area contributed by atoms with Crippen LogP contribution in [0.1, 0.15) is 22.3 Å². The minimum absolute atomic E-state index is 0.0317. The number of phenols is 1. The standard InChI is InChI=1S/C21H21NO5/c1-12-7-17(23)20-13(2)16(21(25)27-18(20)8-12)10-19(24)22-11-14-5-4-6-15(9-14)26-3/h4-9,23H,10-11H2,1-3H3,(H,22,24). The van der Waals surface area contributed by atoms with Crippen LogP contribution < -0.4 is 15.7 Å². The minimum atomic E-state index is -0.568. The van der Waals surface area contributed by atoms with E-state index in [-0.39, 0.29) is 23.6 Å². The first-order chi connectivity index (χ1) is 12.9. The molecule has 6 heteroatoms. The quantitative estimate of drug-likeness (QED) is 0.677. The van der Waals surface area contributed by atoms with E-state index in [1.807, 2.05) is 24.3 Å². The molecule has 140 valence electrons. The van der Waals surface area contributed by atoms with Crippen LogP contribution in [-0.4, -0.2) is 18.1 Å². The predicted octanol–water partition coefficient (Wildman–Crippen LogP) is 2.98. The Kier molecular flexibility index (Phi) is 5.16. The molecular formula is C21H21NO5. The maximum atomic E-state index is 12.3. The summed E-state index contributed by atoms with van der Waals surface area (Å²) < 4.78 is 10.5. The van der Waals surface area contributed by atoms with Crippen molar-refractivity contribution in [3.8, 4) is 11.5 Å². The number of benzene rings is 2. The third kappa shape index (κ3) is 3.95. The number of fused-ring (bicyclic) bond motifs is 1. The van der Waals surface area contributed by atoms with Gasteiger partial charge >= 0.3 is 5.63 Å². The maximum Gasteiger partial charge on any atom is 0.340 e. The zero-order valence-corrected chi connectivity index (χ0v) is 15.5. The summed E-state index contributed by atoms with van der Waals surface area (Å²) in [5.74, 6) is 0.432. The van der Waals surface area contributed by atoms with Crippen molar-refractivity contribution in [2.75, 3.05) is 7.11 Å². The average Bonchev–Trinajstić information content (AvgIpc) is 2.62. The number of ether oxygens (including phenoxy) is 1. The molecule has 0 atom stereocenters. The lowest BCUT2D eigenvalue weighted by Gasteiger charge is -2.10. The van der Waals surface area contributed by atoms with Gasteiger partial charge in [-0.15, -0.1) is 0 Å². The lowest BCUT2D eigenvalue weighted by molar-refractivity contribution is -0.120. The molecule has 3 rings (SSSR count). The lowest BCUT2D eigenvalue weighted by atomic mass is 10.0. The van der Waals surface area contributed by atoms with Gasteiger partial charge in [-0.05, 0) is 54.8 Å². The van der Waals surface area contributed by atoms with Gasteiger partial charge in [-0.1, -0.05) is 12.1 Å².